The molecule has 5 aromatic heterocycles. The van der Waals surface area contributed by atoms with E-state index in [1.165, 1.54) is 78.5 Å². The Labute approximate surface area is 312 Å². The van der Waals surface area contributed by atoms with Crippen LogP contribution < -0.4 is 4.90 Å². The van der Waals surface area contributed by atoms with Crippen LogP contribution in [0.15, 0.2) is 176 Å². The van der Waals surface area contributed by atoms with Crippen molar-refractivity contribution in [1.82, 2.24) is 9.13 Å². The molecule has 0 radical (unpaired) electrons. The quantitative estimate of drug-likeness (QED) is 0.167. The van der Waals surface area contributed by atoms with Gasteiger partial charge in [0.05, 0.1) is 40.9 Å². The van der Waals surface area contributed by atoms with Crippen LogP contribution in [0.25, 0.3) is 73.5 Å². The third-order valence-corrected chi connectivity index (χ3v) is 13.7. The minimum absolute atomic E-state index is 1.15. The third-order valence-electron chi connectivity index (χ3n) is 9.93. The summed E-state index contributed by atoms with van der Waals surface area (Å²) in [6, 6.07) is 63.5. The molecule has 0 bridgehead atoms. The van der Waals surface area contributed by atoms with Crippen molar-refractivity contribution in [2.75, 3.05) is 4.90 Å². The molecular weight excluding hydrogens is 691 g/mol. The van der Waals surface area contributed by atoms with Crippen molar-refractivity contribution in [2.45, 2.75) is 0 Å². The molecule has 246 valence electrons. The number of aromatic nitrogens is 2. The highest BCUT2D eigenvalue weighted by molar-refractivity contribution is 7.35. The number of fused-ring (bicyclic) bond motifs is 8. The standard InChI is InChI=1S/C46H29N3S3/c1-5-16-31(17-6-1)39-28-37-43(50-39)45-41(48(37)35-23-11-4-12-24-35)42-46(52-45)44-38(49(42)36-26-25-30-15-13-14-18-32(30)27-36)29-40(51-44)47(33-19-7-2-8-20-33)34-21-9-3-10-22-34/h1-29H. The molecule has 0 saturated heterocycles. The van der Waals surface area contributed by atoms with Gasteiger partial charge in [-0.25, -0.2) is 0 Å². The lowest BCUT2D eigenvalue weighted by Crippen LogP contribution is -2.07. The average molecular weight is 720 g/mol. The van der Waals surface area contributed by atoms with Crippen LogP contribution in [0.1, 0.15) is 0 Å². The lowest BCUT2D eigenvalue weighted by molar-refractivity contribution is 1.15. The van der Waals surface area contributed by atoms with Gasteiger partial charge in [0.2, 0.25) is 0 Å². The highest BCUT2D eigenvalue weighted by Crippen LogP contribution is 2.53. The zero-order chi connectivity index (χ0) is 34.2. The predicted molar refractivity (Wildman–Crippen MR) is 226 cm³/mol. The average Bonchev–Trinajstić information content (AvgIpc) is 4.01. The van der Waals surface area contributed by atoms with E-state index in [1.54, 1.807) is 0 Å². The molecule has 0 amide bonds. The van der Waals surface area contributed by atoms with E-state index in [2.05, 4.69) is 190 Å². The number of para-hydroxylation sites is 3. The molecule has 11 rings (SSSR count). The first-order chi connectivity index (χ1) is 25.8. The van der Waals surface area contributed by atoms with E-state index in [4.69, 9.17) is 0 Å². The van der Waals surface area contributed by atoms with E-state index >= 15 is 0 Å². The van der Waals surface area contributed by atoms with Gasteiger partial charge in [-0.3, -0.25) is 0 Å². The van der Waals surface area contributed by atoms with Gasteiger partial charge in [0, 0.05) is 27.6 Å². The van der Waals surface area contributed by atoms with Crippen LogP contribution in [-0.4, -0.2) is 9.13 Å². The molecule has 0 aliphatic rings. The van der Waals surface area contributed by atoms with Gasteiger partial charge in [0.25, 0.3) is 0 Å². The molecule has 0 aliphatic carbocycles. The highest BCUT2D eigenvalue weighted by atomic mass is 32.1. The molecule has 0 saturated carbocycles. The Morgan fingerprint density at radius 2 is 0.923 bits per heavy atom. The van der Waals surface area contributed by atoms with Crippen LogP contribution in [0.3, 0.4) is 0 Å². The Kier molecular flexibility index (Phi) is 6.77. The first-order valence-corrected chi connectivity index (χ1v) is 19.8. The van der Waals surface area contributed by atoms with Crippen LogP contribution in [0.4, 0.5) is 16.4 Å². The Bertz CT molecular complexity index is 3020. The second-order valence-electron chi connectivity index (χ2n) is 13.0. The summed E-state index contributed by atoms with van der Waals surface area (Å²) in [5.41, 5.74) is 10.9. The fraction of sp³-hybridized carbons (Fsp3) is 0. The first kappa shape index (κ1) is 29.8. The molecular formula is C46H29N3S3. The molecule has 0 fully saturated rings. The minimum Gasteiger partial charge on any atom is -0.306 e. The normalized spacial score (nSPS) is 11.8. The summed E-state index contributed by atoms with van der Waals surface area (Å²) >= 11 is 5.73. The van der Waals surface area contributed by atoms with Crippen molar-refractivity contribution in [3.8, 4) is 21.8 Å². The van der Waals surface area contributed by atoms with Gasteiger partial charge in [-0.05, 0) is 77.0 Å². The highest BCUT2D eigenvalue weighted by Gasteiger charge is 2.28. The Morgan fingerprint density at radius 1 is 0.385 bits per heavy atom. The van der Waals surface area contributed by atoms with Gasteiger partial charge < -0.3 is 14.0 Å². The van der Waals surface area contributed by atoms with Gasteiger partial charge in [0.1, 0.15) is 5.00 Å². The zero-order valence-corrected chi connectivity index (χ0v) is 30.3. The van der Waals surface area contributed by atoms with E-state index in [-0.39, 0.29) is 0 Å². The van der Waals surface area contributed by atoms with Gasteiger partial charge in [-0.15, -0.1) is 34.0 Å². The summed E-state index contributed by atoms with van der Waals surface area (Å²) in [6.07, 6.45) is 0. The summed E-state index contributed by atoms with van der Waals surface area (Å²) < 4.78 is 10.4. The SMILES string of the molecule is c1ccc(-c2cc3c(s2)c2sc4c5sc(N(c6ccccc6)c6ccccc6)cc5n(-c5ccc6ccccc6c5)c4c2n3-c2ccccc2)cc1. The molecule has 5 heterocycles. The molecule has 0 aliphatic heterocycles. The number of hydrogen-bond acceptors (Lipinski definition) is 4. The fourth-order valence-corrected chi connectivity index (χ4v) is 11.5. The number of nitrogens with zero attached hydrogens (tertiary/aromatic N) is 3. The maximum atomic E-state index is 2.53. The lowest BCUT2D eigenvalue weighted by Gasteiger charge is -2.23. The molecule has 0 atom stereocenters. The first-order valence-electron chi connectivity index (χ1n) is 17.4. The molecule has 0 N–H and O–H groups in total. The molecule has 52 heavy (non-hydrogen) atoms. The van der Waals surface area contributed by atoms with Crippen LogP contribution in [0.5, 0.6) is 0 Å². The largest absolute Gasteiger partial charge is 0.306 e. The van der Waals surface area contributed by atoms with Gasteiger partial charge in [-0.2, -0.15) is 0 Å². The van der Waals surface area contributed by atoms with Crippen LogP contribution in [0, 0.1) is 0 Å². The number of hydrogen-bond donors (Lipinski definition) is 0. The summed E-state index contributed by atoms with van der Waals surface area (Å²) in [5, 5.41) is 3.67. The van der Waals surface area contributed by atoms with E-state index in [0.29, 0.717) is 0 Å². The monoisotopic (exact) mass is 719 g/mol. The van der Waals surface area contributed by atoms with Gasteiger partial charge in [-0.1, -0.05) is 115 Å². The van der Waals surface area contributed by atoms with E-state index < -0.39 is 0 Å². The van der Waals surface area contributed by atoms with Gasteiger partial charge in [0.15, 0.2) is 0 Å². The Balaban J connectivity index is 1.26. The molecule has 0 spiro atoms. The molecule has 6 aromatic carbocycles. The third kappa shape index (κ3) is 4.55. The van der Waals surface area contributed by atoms with Crippen LogP contribution in [-0.2, 0) is 0 Å². The lowest BCUT2D eigenvalue weighted by atomic mass is 10.1. The molecule has 3 nitrogen and oxygen atoms in total. The fourth-order valence-electron chi connectivity index (χ4n) is 7.63. The van der Waals surface area contributed by atoms with Crippen molar-refractivity contribution in [2.24, 2.45) is 0 Å². The van der Waals surface area contributed by atoms with Crippen LogP contribution in [0.2, 0.25) is 0 Å². The summed E-state index contributed by atoms with van der Waals surface area (Å²) in [6.45, 7) is 0. The van der Waals surface area contributed by atoms with Crippen LogP contribution >= 0.6 is 34.0 Å². The number of thiophene rings is 3. The second kappa shape index (κ2) is 11.8. The smallest absolute Gasteiger partial charge is 0.103 e. The van der Waals surface area contributed by atoms with Gasteiger partial charge >= 0.3 is 0 Å². The van der Waals surface area contributed by atoms with Crippen molar-refractivity contribution in [3.63, 3.8) is 0 Å². The van der Waals surface area contributed by atoms with E-state index in [9.17, 15) is 0 Å². The minimum atomic E-state index is 1.15. The van der Waals surface area contributed by atoms with E-state index in [1.807, 2.05) is 34.0 Å². The molecule has 11 aromatic rings. The summed E-state index contributed by atoms with van der Waals surface area (Å²) in [7, 11) is 0. The second-order valence-corrected chi connectivity index (χ2v) is 16.1. The summed E-state index contributed by atoms with van der Waals surface area (Å²) in [5.74, 6) is 0. The molecule has 6 heteroatoms. The Hall–Kier alpha value is -5.92. The number of anilines is 3. The van der Waals surface area contributed by atoms with Crippen molar-refractivity contribution in [1.29, 1.82) is 0 Å². The van der Waals surface area contributed by atoms with Crippen molar-refractivity contribution < 1.29 is 0 Å². The van der Waals surface area contributed by atoms with Crippen molar-refractivity contribution in [3.05, 3.63) is 176 Å². The topological polar surface area (TPSA) is 13.1 Å². The predicted octanol–water partition coefficient (Wildman–Crippen LogP) is 14.4. The number of benzene rings is 6. The zero-order valence-electron chi connectivity index (χ0n) is 27.8. The maximum Gasteiger partial charge on any atom is 0.103 e. The Morgan fingerprint density at radius 3 is 1.60 bits per heavy atom. The number of rotatable bonds is 6. The molecule has 0 unspecified atom stereocenters. The maximum absolute atomic E-state index is 2.53. The van der Waals surface area contributed by atoms with Crippen molar-refractivity contribution >= 4 is 102 Å². The summed E-state index contributed by atoms with van der Waals surface area (Å²) in [4.78, 5) is 3.68. The van der Waals surface area contributed by atoms with E-state index in [0.717, 1.165) is 11.4 Å².